The fourth-order valence-electron chi connectivity index (χ4n) is 1.46. The van der Waals surface area contributed by atoms with Crippen molar-refractivity contribution in [1.82, 2.24) is 2.78 Å². The largest absolute Gasteiger partial charge is 0.387 e. The Hall–Kier alpha value is -1.04. The Morgan fingerprint density at radius 1 is 1.36 bits per heavy atom. The summed E-state index contributed by atoms with van der Waals surface area (Å²) in [6, 6.07) is 9.43. The summed E-state index contributed by atoms with van der Waals surface area (Å²) in [5.74, 6) is 0. The van der Waals surface area contributed by atoms with E-state index in [9.17, 15) is 4.79 Å². The molecular formula is C10H9IN2O. The van der Waals surface area contributed by atoms with Crippen LogP contribution in [-0.2, 0) is 0 Å². The maximum atomic E-state index is 11.5. The van der Waals surface area contributed by atoms with Crippen molar-refractivity contribution in [2.45, 2.75) is 0 Å². The van der Waals surface area contributed by atoms with Crippen LogP contribution in [0.5, 0.6) is 0 Å². The van der Waals surface area contributed by atoms with Crippen molar-refractivity contribution in [3.63, 3.8) is 0 Å². The first-order valence-electron chi connectivity index (χ1n) is 4.23. The molecule has 1 N–H and O–H groups in total. The normalized spacial score (nSPS) is 10.4. The van der Waals surface area contributed by atoms with Gasteiger partial charge in [0.1, 0.15) is 0 Å². The summed E-state index contributed by atoms with van der Waals surface area (Å²) in [6.45, 7) is 0. The van der Waals surface area contributed by atoms with Crippen LogP contribution in [0.25, 0.3) is 10.9 Å². The average Bonchev–Trinajstić information content (AvgIpc) is 2.23. The second kappa shape index (κ2) is 3.61. The molecule has 1 heterocycles. The number of benzene rings is 1. The predicted molar refractivity (Wildman–Crippen MR) is 67.2 cm³/mol. The van der Waals surface area contributed by atoms with Gasteiger partial charge in [-0.15, -0.1) is 0 Å². The number of hydrogen-bond acceptors (Lipinski definition) is 2. The van der Waals surface area contributed by atoms with Gasteiger partial charge in [0, 0.05) is 24.2 Å². The molecule has 14 heavy (non-hydrogen) atoms. The van der Waals surface area contributed by atoms with Crippen molar-refractivity contribution in [3.05, 3.63) is 40.7 Å². The molecule has 0 fully saturated rings. The highest BCUT2D eigenvalue weighted by Gasteiger charge is 2.04. The summed E-state index contributed by atoms with van der Waals surface area (Å²) < 4.78 is 1.62. The molecule has 0 atom stereocenters. The number of para-hydroxylation sites is 1. The highest BCUT2D eigenvalue weighted by Crippen LogP contribution is 2.21. The highest BCUT2D eigenvalue weighted by atomic mass is 127. The number of nitrogens with one attached hydrogen (secondary N) is 1. The molecule has 0 aliphatic rings. The quantitative estimate of drug-likeness (QED) is 0.820. The van der Waals surface area contributed by atoms with Gasteiger partial charge in [0.05, 0.1) is 28.4 Å². The molecule has 3 nitrogen and oxygen atoms in total. The van der Waals surface area contributed by atoms with E-state index in [-0.39, 0.29) is 5.56 Å². The lowest BCUT2D eigenvalue weighted by atomic mass is 10.2. The topological polar surface area (TPSA) is 34.0 Å². The van der Waals surface area contributed by atoms with E-state index in [2.05, 4.69) is 5.32 Å². The van der Waals surface area contributed by atoms with Crippen molar-refractivity contribution < 1.29 is 0 Å². The van der Waals surface area contributed by atoms with Gasteiger partial charge in [-0.1, -0.05) is 18.2 Å². The first-order valence-corrected chi connectivity index (χ1v) is 5.19. The lowest BCUT2D eigenvalue weighted by molar-refractivity contribution is 1.26. The van der Waals surface area contributed by atoms with E-state index in [1.54, 1.807) is 8.85 Å². The first-order chi connectivity index (χ1) is 6.74. The number of anilines is 1. The van der Waals surface area contributed by atoms with Gasteiger partial charge in [0.15, 0.2) is 0 Å². The monoisotopic (exact) mass is 300 g/mol. The molecule has 0 unspecified atom stereocenters. The van der Waals surface area contributed by atoms with Gasteiger partial charge in [0.2, 0.25) is 0 Å². The molecule has 2 aromatic rings. The van der Waals surface area contributed by atoms with Gasteiger partial charge in [-0.2, -0.15) is 0 Å². The SMILES string of the molecule is CNc1cc(=O)n(I)c2ccccc12. The van der Waals surface area contributed by atoms with E-state index in [1.807, 2.05) is 54.2 Å². The Balaban J connectivity index is 2.97. The third kappa shape index (κ3) is 1.39. The maximum absolute atomic E-state index is 11.5. The Morgan fingerprint density at radius 3 is 2.79 bits per heavy atom. The Labute approximate surface area is 95.2 Å². The lowest BCUT2D eigenvalue weighted by Gasteiger charge is -2.07. The van der Waals surface area contributed by atoms with E-state index in [0.717, 1.165) is 16.6 Å². The minimum atomic E-state index is -0.00588. The van der Waals surface area contributed by atoms with Crippen LogP contribution >= 0.6 is 22.9 Å². The van der Waals surface area contributed by atoms with Crippen molar-refractivity contribution in [2.75, 3.05) is 12.4 Å². The van der Waals surface area contributed by atoms with Gasteiger partial charge in [-0.25, -0.2) is 2.78 Å². The van der Waals surface area contributed by atoms with E-state index in [0.29, 0.717) is 0 Å². The molecule has 2 rings (SSSR count). The number of halogens is 1. The van der Waals surface area contributed by atoms with Gasteiger partial charge in [0.25, 0.3) is 5.56 Å². The molecule has 0 saturated carbocycles. The molecule has 0 saturated heterocycles. The predicted octanol–water partition coefficient (Wildman–Crippen LogP) is 2.24. The van der Waals surface area contributed by atoms with Crippen LogP contribution in [0.4, 0.5) is 5.69 Å². The lowest BCUT2D eigenvalue weighted by Crippen LogP contribution is -2.12. The minimum Gasteiger partial charge on any atom is -0.387 e. The minimum absolute atomic E-state index is 0.00588. The Morgan fingerprint density at radius 2 is 2.07 bits per heavy atom. The molecule has 0 amide bonds. The van der Waals surface area contributed by atoms with Crippen LogP contribution in [0.3, 0.4) is 0 Å². The molecule has 0 aliphatic heterocycles. The van der Waals surface area contributed by atoms with E-state index >= 15 is 0 Å². The molecule has 72 valence electrons. The second-order valence-electron chi connectivity index (χ2n) is 2.94. The molecule has 0 aliphatic carbocycles. The molecule has 1 aromatic carbocycles. The summed E-state index contributed by atoms with van der Waals surface area (Å²) in [6.07, 6.45) is 0. The zero-order chi connectivity index (χ0) is 10.1. The smallest absolute Gasteiger partial charge is 0.261 e. The molecule has 0 bridgehead atoms. The van der Waals surface area contributed by atoms with Crippen molar-refractivity contribution in [3.8, 4) is 0 Å². The number of fused-ring (bicyclic) bond motifs is 1. The van der Waals surface area contributed by atoms with Crippen molar-refractivity contribution >= 4 is 39.5 Å². The summed E-state index contributed by atoms with van der Waals surface area (Å²) >= 11 is 2.01. The van der Waals surface area contributed by atoms with Crippen LogP contribution in [0, 0.1) is 0 Å². The third-order valence-corrected chi connectivity index (χ3v) is 3.13. The average molecular weight is 300 g/mol. The first kappa shape index (κ1) is 9.51. The summed E-state index contributed by atoms with van der Waals surface area (Å²) in [4.78, 5) is 11.5. The summed E-state index contributed by atoms with van der Waals surface area (Å²) in [7, 11) is 1.82. The van der Waals surface area contributed by atoms with E-state index < -0.39 is 0 Å². The summed E-state index contributed by atoms with van der Waals surface area (Å²) in [5, 5.41) is 4.08. The van der Waals surface area contributed by atoms with Gasteiger partial charge in [-0.3, -0.25) is 4.79 Å². The van der Waals surface area contributed by atoms with Crippen LogP contribution < -0.4 is 10.9 Å². The Kier molecular flexibility index (Phi) is 2.45. The van der Waals surface area contributed by atoms with Crippen LogP contribution in [0.1, 0.15) is 0 Å². The standard InChI is InChI=1S/C10H9IN2O/c1-12-8-6-10(14)13(11)9-5-3-2-4-7(8)9/h2-6,12H,1H3. The second-order valence-corrected chi connectivity index (χ2v) is 3.91. The molecular weight excluding hydrogens is 291 g/mol. The van der Waals surface area contributed by atoms with Gasteiger partial charge < -0.3 is 5.32 Å². The fourth-order valence-corrected chi connectivity index (χ4v) is 2.02. The molecule has 1 aromatic heterocycles. The number of hydrogen-bond donors (Lipinski definition) is 1. The van der Waals surface area contributed by atoms with Gasteiger partial charge in [-0.05, 0) is 6.07 Å². The van der Waals surface area contributed by atoms with E-state index in [4.69, 9.17) is 0 Å². The fraction of sp³-hybridized carbons (Fsp3) is 0.100. The maximum Gasteiger partial charge on any atom is 0.261 e. The Bertz CT molecular complexity index is 533. The zero-order valence-electron chi connectivity index (χ0n) is 7.62. The highest BCUT2D eigenvalue weighted by molar-refractivity contribution is 14.1. The van der Waals surface area contributed by atoms with Gasteiger partial charge >= 0.3 is 0 Å². The van der Waals surface area contributed by atoms with Crippen molar-refractivity contribution in [2.24, 2.45) is 0 Å². The summed E-state index contributed by atoms with van der Waals surface area (Å²) in [5.41, 5.74) is 1.80. The number of aromatic nitrogens is 1. The van der Waals surface area contributed by atoms with Crippen molar-refractivity contribution in [1.29, 1.82) is 0 Å². The van der Waals surface area contributed by atoms with Crippen LogP contribution in [0.2, 0.25) is 0 Å². The molecule has 0 spiro atoms. The molecule has 0 radical (unpaired) electrons. The molecule has 4 heteroatoms. The van der Waals surface area contributed by atoms with Crippen LogP contribution in [0.15, 0.2) is 35.1 Å². The van der Waals surface area contributed by atoms with Crippen LogP contribution in [-0.4, -0.2) is 9.83 Å². The number of rotatable bonds is 1. The number of nitrogens with zero attached hydrogens (tertiary/aromatic N) is 1. The third-order valence-electron chi connectivity index (χ3n) is 2.14. The van der Waals surface area contributed by atoms with E-state index in [1.165, 1.54) is 0 Å². The number of pyridine rings is 1. The zero-order valence-corrected chi connectivity index (χ0v) is 9.78.